The summed E-state index contributed by atoms with van der Waals surface area (Å²) < 4.78 is 28.8. The first-order valence-electron chi connectivity index (χ1n) is 6.18. The summed E-state index contributed by atoms with van der Waals surface area (Å²) in [7, 11) is 1.28. The minimum Gasteiger partial charge on any atom is -0.481 e. The van der Waals surface area contributed by atoms with Gasteiger partial charge in [0.05, 0.1) is 17.0 Å². The van der Waals surface area contributed by atoms with Gasteiger partial charge in [-0.25, -0.2) is 4.79 Å². The van der Waals surface area contributed by atoms with Crippen LogP contribution < -0.4 is 10.1 Å². The highest BCUT2D eigenvalue weighted by molar-refractivity contribution is 5.91. The molecule has 126 valence electrons. The third-order valence-corrected chi connectivity index (χ3v) is 2.64. The molecule has 0 aliphatic carbocycles. The molecule has 2 amide bonds. The van der Waals surface area contributed by atoms with Crippen molar-refractivity contribution in [3.05, 3.63) is 28.3 Å². The smallest absolute Gasteiger partial charge is 0.387 e. The average Bonchev–Trinajstić information content (AvgIpc) is 2.45. The van der Waals surface area contributed by atoms with Crippen LogP contribution in [0.1, 0.15) is 6.42 Å². The number of alkyl halides is 2. The predicted molar refractivity (Wildman–Crippen MR) is 73.6 cm³/mol. The number of hydrogen-bond acceptors (Lipinski definition) is 5. The summed E-state index contributed by atoms with van der Waals surface area (Å²) >= 11 is 0. The van der Waals surface area contributed by atoms with Gasteiger partial charge in [-0.1, -0.05) is 0 Å². The third-order valence-electron chi connectivity index (χ3n) is 2.64. The maximum absolute atomic E-state index is 12.3. The molecule has 0 unspecified atom stereocenters. The van der Waals surface area contributed by atoms with Gasteiger partial charge in [0.25, 0.3) is 5.69 Å². The molecule has 0 aliphatic rings. The van der Waals surface area contributed by atoms with E-state index in [1.54, 1.807) is 0 Å². The molecule has 1 aromatic carbocycles. The molecule has 0 saturated carbocycles. The second kappa shape index (κ2) is 7.87. The number of aliphatic carboxylic acids is 1. The molecule has 11 heteroatoms. The monoisotopic (exact) mass is 333 g/mol. The van der Waals surface area contributed by atoms with Crippen molar-refractivity contribution in [2.24, 2.45) is 0 Å². The molecule has 0 saturated heterocycles. The Morgan fingerprint density at radius 1 is 1.48 bits per heavy atom. The number of urea groups is 1. The van der Waals surface area contributed by atoms with E-state index in [-0.39, 0.29) is 18.7 Å². The fourth-order valence-electron chi connectivity index (χ4n) is 1.50. The summed E-state index contributed by atoms with van der Waals surface area (Å²) in [6.07, 6.45) is -0.320. The van der Waals surface area contributed by atoms with Crippen LogP contribution >= 0.6 is 0 Å². The number of nitro groups is 1. The van der Waals surface area contributed by atoms with Gasteiger partial charge in [-0.05, 0) is 6.07 Å². The van der Waals surface area contributed by atoms with Crippen LogP contribution in [-0.4, -0.2) is 47.1 Å². The molecular weight excluding hydrogens is 320 g/mol. The quantitative estimate of drug-likeness (QED) is 0.582. The summed E-state index contributed by atoms with van der Waals surface area (Å²) in [4.78, 5) is 33.2. The van der Waals surface area contributed by atoms with Crippen molar-refractivity contribution < 1.29 is 33.1 Å². The first kappa shape index (κ1) is 18.1. The molecule has 0 radical (unpaired) electrons. The van der Waals surface area contributed by atoms with E-state index in [1.165, 1.54) is 7.05 Å². The summed E-state index contributed by atoms with van der Waals surface area (Å²) in [6, 6.07) is 1.91. The van der Waals surface area contributed by atoms with Crippen LogP contribution in [0.15, 0.2) is 18.2 Å². The van der Waals surface area contributed by atoms with Crippen molar-refractivity contribution in [1.29, 1.82) is 0 Å². The standard InChI is InChI=1S/C12H13F2N3O6/c1-16(5-4-10(18)19)12(20)15-8-6-7(17(21)22)2-3-9(8)23-11(13)14/h2-3,6,11H,4-5H2,1H3,(H,15,20)(H,18,19). The molecule has 2 N–H and O–H groups in total. The molecule has 0 fully saturated rings. The normalized spacial score (nSPS) is 10.3. The van der Waals surface area contributed by atoms with E-state index in [0.717, 1.165) is 23.1 Å². The molecule has 9 nitrogen and oxygen atoms in total. The highest BCUT2D eigenvalue weighted by atomic mass is 19.3. The minimum absolute atomic E-state index is 0.138. The molecule has 23 heavy (non-hydrogen) atoms. The van der Waals surface area contributed by atoms with Crippen LogP contribution in [0.2, 0.25) is 0 Å². The number of carboxylic acids is 1. The zero-order valence-electron chi connectivity index (χ0n) is 11.9. The lowest BCUT2D eigenvalue weighted by molar-refractivity contribution is -0.384. The van der Waals surface area contributed by atoms with Crippen molar-refractivity contribution in [3.63, 3.8) is 0 Å². The molecule has 0 aliphatic heterocycles. The van der Waals surface area contributed by atoms with Crippen LogP contribution in [0.5, 0.6) is 5.75 Å². The fraction of sp³-hybridized carbons (Fsp3) is 0.333. The number of ether oxygens (including phenoxy) is 1. The SMILES string of the molecule is CN(CCC(=O)O)C(=O)Nc1cc([N+](=O)[O-])ccc1OC(F)F. The fourth-order valence-corrected chi connectivity index (χ4v) is 1.50. The first-order valence-corrected chi connectivity index (χ1v) is 6.18. The number of halogens is 2. The lowest BCUT2D eigenvalue weighted by Gasteiger charge is -2.18. The maximum atomic E-state index is 12.3. The van der Waals surface area contributed by atoms with Gasteiger partial charge in [-0.3, -0.25) is 14.9 Å². The number of hydrogen-bond donors (Lipinski definition) is 2. The van der Waals surface area contributed by atoms with E-state index in [0.29, 0.717) is 0 Å². The summed E-state index contributed by atoms with van der Waals surface area (Å²) in [5.41, 5.74) is -0.762. The number of carbonyl (C=O) groups is 2. The van der Waals surface area contributed by atoms with Gasteiger partial charge in [-0.15, -0.1) is 0 Å². The molecule has 0 atom stereocenters. The lowest BCUT2D eigenvalue weighted by Crippen LogP contribution is -2.33. The van der Waals surface area contributed by atoms with Gasteiger partial charge in [0, 0.05) is 25.7 Å². The number of non-ortho nitro benzene ring substituents is 1. The molecule has 0 aromatic heterocycles. The predicted octanol–water partition coefficient (Wildman–Crippen LogP) is 2.13. The topological polar surface area (TPSA) is 122 Å². The van der Waals surface area contributed by atoms with E-state index < -0.39 is 35.0 Å². The van der Waals surface area contributed by atoms with Crippen molar-refractivity contribution in [2.45, 2.75) is 13.0 Å². The van der Waals surface area contributed by atoms with Crippen LogP contribution in [0.25, 0.3) is 0 Å². The number of anilines is 1. The number of benzene rings is 1. The number of carbonyl (C=O) groups excluding carboxylic acids is 1. The van der Waals surface area contributed by atoms with Gasteiger partial charge >= 0.3 is 18.6 Å². The van der Waals surface area contributed by atoms with E-state index >= 15 is 0 Å². The molecule has 1 rings (SSSR count). The van der Waals surface area contributed by atoms with E-state index in [9.17, 15) is 28.5 Å². The molecule has 1 aromatic rings. The van der Waals surface area contributed by atoms with E-state index in [4.69, 9.17) is 5.11 Å². The third kappa shape index (κ3) is 5.73. The van der Waals surface area contributed by atoms with Gasteiger partial charge < -0.3 is 20.1 Å². The lowest BCUT2D eigenvalue weighted by atomic mass is 10.2. The van der Waals surface area contributed by atoms with Gasteiger partial charge in [-0.2, -0.15) is 8.78 Å². The number of rotatable bonds is 7. The van der Waals surface area contributed by atoms with Gasteiger partial charge in [0.2, 0.25) is 0 Å². The molecular formula is C12H13F2N3O6. The Morgan fingerprint density at radius 2 is 2.13 bits per heavy atom. The van der Waals surface area contributed by atoms with Crippen molar-refractivity contribution in [1.82, 2.24) is 4.90 Å². The Balaban J connectivity index is 2.94. The highest BCUT2D eigenvalue weighted by Crippen LogP contribution is 2.30. The number of amides is 2. The van der Waals surface area contributed by atoms with Gasteiger partial charge in [0.1, 0.15) is 5.75 Å². The van der Waals surface area contributed by atoms with Crippen molar-refractivity contribution in [2.75, 3.05) is 18.9 Å². The Bertz CT molecular complexity index is 610. The average molecular weight is 333 g/mol. The van der Waals surface area contributed by atoms with Crippen molar-refractivity contribution >= 4 is 23.4 Å². The van der Waals surface area contributed by atoms with Crippen LogP contribution in [0, 0.1) is 10.1 Å². The second-order valence-corrected chi connectivity index (χ2v) is 4.31. The number of carboxylic acid groups (broad SMARTS) is 1. The second-order valence-electron chi connectivity index (χ2n) is 4.31. The molecule has 0 spiro atoms. The summed E-state index contributed by atoms with van der Waals surface area (Å²) in [5.74, 6) is -1.58. The number of nitrogens with one attached hydrogen (secondary N) is 1. The minimum atomic E-state index is -3.18. The van der Waals surface area contributed by atoms with Crippen molar-refractivity contribution in [3.8, 4) is 5.75 Å². The zero-order valence-corrected chi connectivity index (χ0v) is 11.9. The van der Waals surface area contributed by atoms with Crippen LogP contribution in [0.4, 0.5) is 25.0 Å². The van der Waals surface area contributed by atoms with E-state index in [1.807, 2.05) is 0 Å². The largest absolute Gasteiger partial charge is 0.481 e. The van der Waals surface area contributed by atoms with Crippen LogP contribution in [-0.2, 0) is 4.79 Å². The molecule has 0 heterocycles. The Labute approximate surface area is 128 Å². The first-order chi connectivity index (χ1) is 10.7. The number of nitro benzene ring substituents is 1. The Kier molecular flexibility index (Phi) is 6.18. The van der Waals surface area contributed by atoms with E-state index in [2.05, 4.69) is 10.1 Å². The maximum Gasteiger partial charge on any atom is 0.387 e. The zero-order chi connectivity index (χ0) is 17.6. The van der Waals surface area contributed by atoms with Gasteiger partial charge in [0.15, 0.2) is 0 Å². The number of nitrogens with zero attached hydrogens (tertiary/aromatic N) is 2. The Hall–Kier alpha value is -2.98. The van der Waals surface area contributed by atoms with Crippen LogP contribution in [0.3, 0.4) is 0 Å². The summed E-state index contributed by atoms with van der Waals surface area (Å²) in [6.45, 7) is -3.32. The summed E-state index contributed by atoms with van der Waals surface area (Å²) in [5, 5.41) is 21.4. The Morgan fingerprint density at radius 3 is 2.65 bits per heavy atom. The molecule has 0 bridgehead atoms. The highest BCUT2D eigenvalue weighted by Gasteiger charge is 2.18.